The number of carbonyl (C=O) groups excluding carboxylic acids is 1. The van der Waals surface area contributed by atoms with Gasteiger partial charge in [-0.25, -0.2) is 19.3 Å². The van der Waals surface area contributed by atoms with E-state index in [1.165, 1.54) is 15.7 Å². The lowest BCUT2D eigenvalue weighted by Crippen LogP contribution is -2.39. The molecule has 0 saturated heterocycles. The number of nitrogens with zero attached hydrogens (tertiary/aromatic N) is 5. The Morgan fingerprint density at radius 1 is 1.00 bits per heavy atom. The van der Waals surface area contributed by atoms with Crippen LogP contribution >= 0.6 is 11.6 Å². The Balaban J connectivity index is 1.68. The standard InChI is InChI=1S/C22H15ClN6O2/c23-15-4-7-19(26-12-15)29-20(27-18-13-24-10-8-17(18)21(29)30)14-2-5-16(6-3-14)28-11-1-9-25-22(28)31/h1-8,10-13H,9H2,(H,25,31). The lowest BCUT2D eigenvalue weighted by atomic mass is 10.1. The summed E-state index contributed by atoms with van der Waals surface area (Å²) >= 11 is 5.98. The second-order valence-corrected chi connectivity index (χ2v) is 7.23. The summed E-state index contributed by atoms with van der Waals surface area (Å²) in [4.78, 5) is 40.0. The zero-order chi connectivity index (χ0) is 21.4. The summed E-state index contributed by atoms with van der Waals surface area (Å²) in [7, 11) is 0. The molecule has 152 valence electrons. The molecule has 0 bridgehead atoms. The van der Waals surface area contributed by atoms with Crippen LogP contribution in [0.25, 0.3) is 28.1 Å². The number of fused-ring (bicyclic) bond motifs is 1. The minimum atomic E-state index is -0.264. The van der Waals surface area contributed by atoms with E-state index in [-0.39, 0.29) is 11.6 Å². The summed E-state index contributed by atoms with van der Waals surface area (Å²) < 4.78 is 1.45. The molecule has 4 aromatic rings. The van der Waals surface area contributed by atoms with E-state index in [0.29, 0.717) is 45.4 Å². The topological polar surface area (TPSA) is 93.0 Å². The third kappa shape index (κ3) is 3.43. The van der Waals surface area contributed by atoms with Gasteiger partial charge in [0.05, 0.1) is 27.8 Å². The Kier molecular flexibility index (Phi) is 4.68. The molecule has 9 heteroatoms. The van der Waals surface area contributed by atoms with Gasteiger partial charge in [-0.15, -0.1) is 0 Å². The number of amides is 2. The smallest absolute Gasteiger partial charge is 0.326 e. The summed E-state index contributed by atoms with van der Waals surface area (Å²) in [6, 6.07) is 12.0. The van der Waals surface area contributed by atoms with Gasteiger partial charge < -0.3 is 5.32 Å². The monoisotopic (exact) mass is 430 g/mol. The van der Waals surface area contributed by atoms with Crippen molar-refractivity contribution in [2.24, 2.45) is 0 Å². The van der Waals surface area contributed by atoms with Crippen LogP contribution in [0, 0.1) is 0 Å². The van der Waals surface area contributed by atoms with Crippen LogP contribution in [-0.4, -0.2) is 32.1 Å². The van der Waals surface area contributed by atoms with Crippen LogP contribution < -0.4 is 15.8 Å². The molecule has 0 aliphatic carbocycles. The molecule has 0 fully saturated rings. The van der Waals surface area contributed by atoms with E-state index in [0.717, 1.165) is 0 Å². The number of hydrogen-bond acceptors (Lipinski definition) is 5. The van der Waals surface area contributed by atoms with Crippen molar-refractivity contribution in [2.45, 2.75) is 0 Å². The maximum absolute atomic E-state index is 13.3. The van der Waals surface area contributed by atoms with Gasteiger partial charge in [0.1, 0.15) is 11.6 Å². The van der Waals surface area contributed by atoms with Crippen molar-refractivity contribution >= 4 is 34.2 Å². The van der Waals surface area contributed by atoms with Crippen molar-refractivity contribution in [1.82, 2.24) is 24.8 Å². The largest absolute Gasteiger partial charge is 0.334 e. The highest BCUT2D eigenvalue weighted by molar-refractivity contribution is 6.30. The molecule has 0 atom stereocenters. The van der Waals surface area contributed by atoms with Crippen LogP contribution in [0.2, 0.25) is 5.02 Å². The van der Waals surface area contributed by atoms with Gasteiger partial charge in [0.2, 0.25) is 0 Å². The van der Waals surface area contributed by atoms with Crippen molar-refractivity contribution in [2.75, 3.05) is 11.4 Å². The van der Waals surface area contributed by atoms with Gasteiger partial charge in [-0.2, -0.15) is 0 Å². The van der Waals surface area contributed by atoms with Crippen molar-refractivity contribution in [3.8, 4) is 17.2 Å². The Labute approximate surface area is 181 Å². The van der Waals surface area contributed by atoms with E-state index in [1.54, 1.807) is 61.1 Å². The van der Waals surface area contributed by atoms with Gasteiger partial charge in [-0.05, 0) is 48.5 Å². The third-order valence-corrected chi connectivity index (χ3v) is 5.08. The summed E-state index contributed by atoms with van der Waals surface area (Å²) in [5, 5.41) is 3.65. The number of hydrogen-bond donors (Lipinski definition) is 1. The molecule has 0 radical (unpaired) electrons. The molecular formula is C22H15ClN6O2. The fourth-order valence-electron chi connectivity index (χ4n) is 3.37. The molecule has 4 heterocycles. The van der Waals surface area contributed by atoms with Crippen LogP contribution in [-0.2, 0) is 0 Å². The Bertz CT molecular complexity index is 1380. The van der Waals surface area contributed by atoms with Crippen LogP contribution in [0.1, 0.15) is 0 Å². The number of aromatic nitrogens is 4. The maximum Gasteiger partial charge on any atom is 0.326 e. The molecule has 1 aliphatic heterocycles. The highest BCUT2D eigenvalue weighted by Gasteiger charge is 2.18. The number of benzene rings is 1. The van der Waals surface area contributed by atoms with Crippen molar-refractivity contribution in [3.63, 3.8) is 0 Å². The first kappa shape index (κ1) is 19.0. The lowest BCUT2D eigenvalue weighted by molar-refractivity contribution is 0.248. The molecule has 1 aliphatic rings. The number of anilines is 1. The third-order valence-electron chi connectivity index (χ3n) is 4.86. The number of urea groups is 1. The minimum Gasteiger partial charge on any atom is -0.334 e. The fraction of sp³-hybridized carbons (Fsp3) is 0.0455. The van der Waals surface area contributed by atoms with Gasteiger partial charge in [-0.1, -0.05) is 11.6 Å². The predicted molar refractivity (Wildman–Crippen MR) is 118 cm³/mol. The highest BCUT2D eigenvalue weighted by atomic mass is 35.5. The van der Waals surface area contributed by atoms with E-state index in [2.05, 4.69) is 20.3 Å². The van der Waals surface area contributed by atoms with E-state index in [1.807, 2.05) is 6.08 Å². The highest BCUT2D eigenvalue weighted by Crippen LogP contribution is 2.25. The first-order valence-electron chi connectivity index (χ1n) is 9.45. The zero-order valence-electron chi connectivity index (χ0n) is 16.1. The van der Waals surface area contributed by atoms with Crippen LogP contribution in [0.15, 0.2) is 78.1 Å². The average molecular weight is 431 g/mol. The quantitative estimate of drug-likeness (QED) is 0.536. The Morgan fingerprint density at radius 3 is 2.58 bits per heavy atom. The van der Waals surface area contributed by atoms with E-state index in [9.17, 15) is 9.59 Å². The molecule has 5 rings (SSSR count). The Hall–Kier alpha value is -4.04. The normalized spacial score (nSPS) is 13.5. The van der Waals surface area contributed by atoms with Crippen LogP contribution in [0.4, 0.5) is 10.5 Å². The molecule has 3 aromatic heterocycles. The molecule has 8 nitrogen and oxygen atoms in total. The van der Waals surface area contributed by atoms with Gasteiger partial charge >= 0.3 is 6.03 Å². The van der Waals surface area contributed by atoms with Gasteiger partial charge in [0.25, 0.3) is 5.56 Å². The summed E-state index contributed by atoms with van der Waals surface area (Å²) in [6.07, 6.45) is 8.17. The molecule has 2 amide bonds. The lowest BCUT2D eigenvalue weighted by Gasteiger charge is -2.22. The summed E-state index contributed by atoms with van der Waals surface area (Å²) in [6.45, 7) is 0.503. The predicted octanol–water partition coefficient (Wildman–Crippen LogP) is 3.54. The number of nitrogens with one attached hydrogen (secondary N) is 1. The molecule has 0 saturated carbocycles. The molecular weight excluding hydrogens is 416 g/mol. The average Bonchev–Trinajstić information content (AvgIpc) is 2.80. The van der Waals surface area contributed by atoms with E-state index >= 15 is 0 Å². The molecule has 1 aromatic carbocycles. The van der Waals surface area contributed by atoms with Crippen LogP contribution in [0.5, 0.6) is 0 Å². The minimum absolute atomic E-state index is 0.201. The SMILES string of the molecule is O=C1NCC=CN1c1ccc(-c2nc3cnccc3c(=O)n2-c2ccc(Cl)cn2)cc1. The van der Waals surface area contributed by atoms with Gasteiger partial charge in [0, 0.05) is 30.7 Å². The van der Waals surface area contributed by atoms with E-state index in [4.69, 9.17) is 11.6 Å². The Morgan fingerprint density at radius 2 is 1.84 bits per heavy atom. The number of rotatable bonds is 3. The molecule has 1 N–H and O–H groups in total. The number of pyridine rings is 2. The second kappa shape index (κ2) is 7.66. The number of carbonyl (C=O) groups is 1. The zero-order valence-corrected chi connectivity index (χ0v) is 16.8. The van der Waals surface area contributed by atoms with Gasteiger partial charge in [-0.3, -0.25) is 14.7 Å². The maximum atomic E-state index is 13.3. The first-order valence-corrected chi connectivity index (χ1v) is 9.82. The summed E-state index contributed by atoms with van der Waals surface area (Å²) in [5.74, 6) is 0.809. The van der Waals surface area contributed by atoms with Crippen molar-refractivity contribution in [1.29, 1.82) is 0 Å². The van der Waals surface area contributed by atoms with Gasteiger partial charge in [0.15, 0.2) is 0 Å². The van der Waals surface area contributed by atoms with Crippen molar-refractivity contribution in [3.05, 3.63) is 88.7 Å². The van der Waals surface area contributed by atoms with Crippen LogP contribution in [0.3, 0.4) is 0 Å². The second-order valence-electron chi connectivity index (χ2n) is 6.79. The first-order chi connectivity index (χ1) is 15.1. The summed E-state index contributed by atoms with van der Waals surface area (Å²) in [5.41, 5.74) is 1.60. The molecule has 31 heavy (non-hydrogen) atoms. The fourth-order valence-corrected chi connectivity index (χ4v) is 3.49. The van der Waals surface area contributed by atoms with E-state index < -0.39 is 0 Å². The molecule has 0 unspecified atom stereocenters. The van der Waals surface area contributed by atoms with Crippen molar-refractivity contribution < 1.29 is 4.79 Å². The number of halogens is 1. The molecule has 0 spiro atoms.